The Morgan fingerprint density at radius 2 is 2.05 bits per heavy atom. The van der Waals surface area contributed by atoms with Gasteiger partial charge in [0, 0.05) is 20.6 Å². The van der Waals surface area contributed by atoms with Gasteiger partial charge in [0.1, 0.15) is 0 Å². The quantitative estimate of drug-likeness (QED) is 0.372. The van der Waals surface area contributed by atoms with Crippen LogP contribution in [0.3, 0.4) is 0 Å². The van der Waals surface area contributed by atoms with Gasteiger partial charge in [0.05, 0.1) is 16.6 Å². The zero-order valence-electron chi connectivity index (χ0n) is 12.2. The Morgan fingerprint density at radius 1 is 1.45 bits per heavy atom. The fraction of sp³-hybridized carbons (Fsp3) is 0.400. The molecule has 1 aromatic rings. The van der Waals surface area contributed by atoms with Crippen LogP contribution in [-0.4, -0.2) is 18.1 Å². The number of nitrogens with zero attached hydrogens (tertiary/aromatic N) is 1. The van der Waals surface area contributed by atoms with E-state index in [1.807, 2.05) is 0 Å². The Hall–Kier alpha value is -1.68. The third-order valence-electron chi connectivity index (χ3n) is 2.93. The minimum atomic E-state index is -1.33. The average molecular weight is 291 g/mol. The molecule has 1 aromatic carbocycles. The minimum absolute atomic E-state index is 0.0450. The van der Waals surface area contributed by atoms with Gasteiger partial charge in [-0.25, -0.2) is 0 Å². The second kappa shape index (κ2) is 6.66. The number of hydrogen-bond donors (Lipinski definition) is 1. The molecular weight excluding hydrogens is 270 g/mol. The highest BCUT2D eigenvalue weighted by molar-refractivity contribution is 6.76. The Morgan fingerprint density at radius 3 is 2.55 bits per heavy atom. The standard InChI is InChI=1S/C15H21NO3Si/c1-5-12(11-20(2,3)4)10-15(17)13-8-6-7-9-14(13)16(18)19/h6-9,15,17H,1,10-11H2,2-4H3. The first-order valence-electron chi connectivity index (χ1n) is 6.54. The maximum atomic E-state index is 11.0. The summed E-state index contributed by atoms with van der Waals surface area (Å²) in [5.41, 5.74) is 4.12. The first-order chi connectivity index (χ1) is 9.24. The van der Waals surface area contributed by atoms with E-state index < -0.39 is 19.1 Å². The summed E-state index contributed by atoms with van der Waals surface area (Å²) in [5.74, 6) is 0. The fourth-order valence-corrected chi connectivity index (χ4v) is 3.68. The third kappa shape index (κ3) is 4.77. The molecule has 20 heavy (non-hydrogen) atoms. The second-order valence-corrected chi connectivity index (χ2v) is 11.5. The molecule has 0 amide bonds. The van der Waals surface area contributed by atoms with Crippen molar-refractivity contribution in [1.29, 1.82) is 0 Å². The maximum Gasteiger partial charge on any atom is 0.275 e. The van der Waals surface area contributed by atoms with E-state index in [2.05, 4.69) is 32.0 Å². The number of rotatable bonds is 6. The van der Waals surface area contributed by atoms with Crippen LogP contribution in [0, 0.1) is 10.1 Å². The Bertz CT molecular complexity index is 542. The molecule has 1 N–H and O–H groups in total. The van der Waals surface area contributed by atoms with Crippen LogP contribution >= 0.6 is 0 Å². The van der Waals surface area contributed by atoms with Crippen molar-refractivity contribution in [2.24, 2.45) is 0 Å². The fourth-order valence-electron chi connectivity index (χ4n) is 2.13. The van der Waals surface area contributed by atoms with Crippen molar-refractivity contribution in [2.45, 2.75) is 38.2 Å². The topological polar surface area (TPSA) is 63.4 Å². The highest BCUT2D eigenvalue weighted by Gasteiger charge is 2.23. The SMILES string of the molecule is C=C=C(CC(O)c1ccccc1[N+](=O)[O-])C[Si](C)(C)C. The zero-order chi connectivity index (χ0) is 15.3. The van der Waals surface area contributed by atoms with E-state index in [-0.39, 0.29) is 5.69 Å². The number of nitro benzene ring substituents is 1. The van der Waals surface area contributed by atoms with Gasteiger partial charge in [-0.2, -0.15) is 0 Å². The van der Waals surface area contributed by atoms with Crippen molar-refractivity contribution in [3.05, 3.63) is 57.8 Å². The molecule has 0 saturated heterocycles. The van der Waals surface area contributed by atoms with E-state index in [0.717, 1.165) is 11.6 Å². The van der Waals surface area contributed by atoms with Crippen LogP contribution in [0.4, 0.5) is 5.69 Å². The van der Waals surface area contributed by atoms with E-state index in [1.165, 1.54) is 6.07 Å². The van der Waals surface area contributed by atoms with Gasteiger partial charge in [0.2, 0.25) is 0 Å². The van der Waals surface area contributed by atoms with Crippen LogP contribution in [0.2, 0.25) is 25.7 Å². The van der Waals surface area contributed by atoms with Gasteiger partial charge in [0.15, 0.2) is 0 Å². The van der Waals surface area contributed by atoms with Gasteiger partial charge < -0.3 is 5.11 Å². The predicted molar refractivity (Wildman–Crippen MR) is 83.5 cm³/mol. The largest absolute Gasteiger partial charge is 0.388 e. The van der Waals surface area contributed by atoms with Crippen LogP contribution in [0.15, 0.2) is 42.1 Å². The molecule has 5 heteroatoms. The Labute approximate surface area is 120 Å². The number of benzene rings is 1. The Kier molecular flexibility index (Phi) is 5.45. The molecule has 0 fully saturated rings. The van der Waals surface area contributed by atoms with Crippen molar-refractivity contribution < 1.29 is 10.0 Å². The molecule has 108 valence electrons. The molecule has 0 spiro atoms. The third-order valence-corrected chi connectivity index (χ3v) is 4.41. The molecule has 1 atom stereocenters. The molecule has 1 rings (SSSR count). The highest BCUT2D eigenvalue weighted by Crippen LogP contribution is 2.31. The van der Waals surface area contributed by atoms with Gasteiger partial charge in [-0.15, -0.1) is 5.73 Å². The molecule has 0 radical (unpaired) electrons. The van der Waals surface area contributed by atoms with Crippen molar-refractivity contribution in [3.63, 3.8) is 0 Å². The lowest BCUT2D eigenvalue weighted by Crippen LogP contribution is -2.20. The molecule has 0 aliphatic heterocycles. The Balaban J connectivity index is 2.94. The summed E-state index contributed by atoms with van der Waals surface area (Å²) in [6.45, 7) is 10.3. The van der Waals surface area contributed by atoms with Crippen molar-refractivity contribution >= 4 is 13.8 Å². The monoisotopic (exact) mass is 291 g/mol. The molecule has 1 unspecified atom stereocenters. The van der Waals surface area contributed by atoms with E-state index in [0.29, 0.717) is 12.0 Å². The van der Waals surface area contributed by atoms with Gasteiger partial charge in [-0.3, -0.25) is 10.1 Å². The summed E-state index contributed by atoms with van der Waals surface area (Å²) >= 11 is 0. The van der Waals surface area contributed by atoms with E-state index in [1.54, 1.807) is 18.2 Å². The minimum Gasteiger partial charge on any atom is -0.388 e. The van der Waals surface area contributed by atoms with Gasteiger partial charge in [0.25, 0.3) is 5.69 Å². The molecule has 0 saturated carbocycles. The molecule has 4 nitrogen and oxygen atoms in total. The molecule has 0 heterocycles. The van der Waals surface area contributed by atoms with Crippen molar-refractivity contribution in [2.75, 3.05) is 0 Å². The average Bonchev–Trinajstić information content (AvgIpc) is 2.36. The van der Waals surface area contributed by atoms with Gasteiger partial charge in [-0.05, 0) is 17.7 Å². The van der Waals surface area contributed by atoms with Crippen molar-refractivity contribution in [3.8, 4) is 0 Å². The molecule has 0 aromatic heterocycles. The van der Waals surface area contributed by atoms with E-state index >= 15 is 0 Å². The van der Waals surface area contributed by atoms with E-state index in [9.17, 15) is 15.2 Å². The van der Waals surface area contributed by atoms with Crippen LogP contribution in [0.5, 0.6) is 0 Å². The second-order valence-electron chi connectivity index (χ2n) is 6.05. The highest BCUT2D eigenvalue weighted by atomic mass is 28.3. The summed E-state index contributed by atoms with van der Waals surface area (Å²) < 4.78 is 0. The van der Waals surface area contributed by atoms with Crippen LogP contribution in [0.25, 0.3) is 0 Å². The van der Waals surface area contributed by atoms with Gasteiger partial charge >= 0.3 is 0 Å². The number of nitro groups is 1. The van der Waals surface area contributed by atoms with Crippen LogP contribution < -0.4 is 0 Å². The van der Waals surface area contributed by atoms with Crippen LogP contribution in [-0.2, 0) is 0 Å². The zero-order valence-corrected chi connectivity index (χ0v) is 13.2. The number of aliphatic hydroxyl groups is 1. The van der Waals surface area contributed by atoms with Gasteiger partial charge in [-0.1, -0.05) is 38.4 Å². The summed E-state index contributed by atoms with van der Waals surface area (Å²) in [4.78, 5) is 10.5. The first-order valence-corrected chi connectivity index (χ1v) is 10.2. The van der Waals surface area contributed by atoms with E-state index in [4.69, 9.17) is 0 Å². The summed E-state index contributed by atoms with van der Waals surface area (Å²) in [6.07, 6.45) is -0.546. The van der Waals surface area contributed by atoms with Crippen LogP contribution in [0.1, 0.15) is 18.1 Å². The predicted octanol–water partition coefficient (Wildman–Crippen LogP) is 4.07. The smallest absolute Gasteiger partial charge is 0.275 e. The summed E-state index contributed by atoms with van der Waals surface area (Å²) in [5, 5.41) is 21.2. The molecule has 0 aliphatic carbocycles. The normalized spacial score (nSPS) is 12.6. The molecular formula is C15H21NO3Si. The number of aliphatic hydroxyl groups excluding tert-OH is 1. The van der Waals surface area contributed by atoms with Crippen molar-refractivity contribution in [1.82, 2.24) is 0 Å². The lowest BCUT2D eigenvalue weighted by molar-refractivity contribution is -0.386. The summed E-state index contributed by atoms with van der Waals surface area (Å²) in [6, 6.07) is 7.18. The maximum absolute atomic E-state index is 11.0. The first kappa shape index (κ1) is 16.4. The molecule has 0 aliphatic rings. The summed E-state index contributed by atoms with van der Waals surface area (Å²) in [7, 11) is -1.33. The molecule has 0 bridgehead atoms. The lowest BCUT2D eigenvalue weighted by atomic mass is 10.0. The lowest BCUT2D eigenvalue weighted by Gasteiger charge is -2.19. The number of para-hydroxylation sites is 1. The number of hydrogen-bond acceptors (Lipinski definition) is 3.